The summed E-state index contributed by atoms with van der Waals surface area (Å²) in [6.07, 6.45) is 6.85. The summed E-state index contributed by atoms with van der Waals surface area (Å²) >= 11 is 0. The number of hydrogen-bond donors (Lipinski definition) is 1. The van der Waals surface area contributed by atoms with Gasteiger partial charge in [-0.15, -0.1) is 0 Å². The molecule has 0 aliphatic carbocycles. The van der Waals surface area contributed by atoms with Gasteiger partial charge in [0.1, 0.15) is 5.75 Å². The quantitative estimate of drug-likeness (QED) is 0.427. The first-order chi connectivity index (χ1) is 16.2. The monoisotopic (exact) mass is 436 g/mol. The third-order valence-corrected chi connectivity index (χ3v) is 5.07. The highest BCUT2D eigenvalue weighted by molar-refractivity contribution is 5.66. The van der Waals surface area contributed by atoms with Crippen LogP contribution < -0.4 is 15.7 Å². The minimum absolute atomic E-state index is 0.147. The SMILES string of the molecule is CNc1nccc(-c2cccnc2Oc2ccc(-n3ccn(-c4ccccc4)c3=O)cc2)n1. The number of nitrogens with zero attached hydrogens (tertiary/aromatic N) is 5. The second kappa shape index (κ2) is 8.80. The molecular weight excluding hydrogens is 416 g/mol. The molecular formula is C25H20N6O2. The summed E-state index contributed by atoms with van der Waals surface area (Å²) in [4.78, 5) is 25.9. The molecule has 0 saturated heterocycles. The average Bonchev–Trinajstić information content (AvgIpc) is 3.26. The maximum absolute atomic E-state index is 12.9. The number of nitrogens with one attached hydrogen (secondary N) is 1. The van der Waals surface area contributed by atoms with Gasteiger partial charge >= 0.3 is 5.69 Å². The van der Waals surface area contributed by atoms with E-state index < -0.39 is 0 Å². The predicted molar refractivity (Wildman–Crippen MR) is 126 cm³/mol. The number of para-hydroxylation sites is 1. The molecule has 0 unspecified atom stereocenters. The van der Waals surface area contributed by atoms with Gasteiger partial charge in [0.2, 0.25) is 11.8 Å². The molecule has 0 spiro atoms. The molecule has 0 aliphatic rings. The molecule has 2 aromatic carbocycles. The van der Waals surface area contributed by atoms with E-state index in [0.717, 1.165) is 16.9 Å². The van der Waals surface area contributed by atoms with Crippen molar-refractivity contribution in [2.24, 2.45) is 0 Å². The van der Waals surface area contributed by atoms with Gasteiger partial charge in [-0.25, -0.2) is 19.7 Å². The van der Waals surface area contributed by atoms with Crippen LogP contribution in [0.1, 0.15) is 0 Å². The van der Waals surface area contributed by atoms with Crippen molar-refractivity contribution in [1.82, 2.24) is 24.1 Å². The molecule has 0 saturated carbocycles. The Morgan fingerprint density at radius 2 is 1.52 bits per heavy atom. The number of anilines is 1. The van der Waals surface area contributed by atoms with E-state index in [9.17, 15) is 4.79 Å². The summed E-state index contributed by atoms with van der Waals surface area (Å²) in [5.74, 6) is 1.54. The number of imidazole rings is 1. The van der Waals surface area contributed by atoms with Crippen molar-refractivity contribution in [2.75, 3.05) is 12.4 Å². The standard InChI is InChI=1S/C25H20N6O2/c1-26-24-28-15-13-22(29-24)21-8-5-14-27-23(21)33-20-11-9-19(10-12-20)31-17-16-30(25(31)32)18-6-3-2-4-7-18/h2-17H,1H3,(H,26,28,29). The summed E-state index contributed by atoms with van der Waals surface area (Å²) < 4.78 is 9.24. The Labute approximate surface area is 189 Å². The van der Waals surface area contributed by atoms with Crippen LogP contribution in [0.4, 0.5) is 5.95 Å². The van der Waals surface area contributed by atoms with E-state index in [1.54, 1.807) is 59.2 Å². The molecule has 0 atom stereocenters. The Morgan fingerprint density at radius 1 is 0.788 bits per heavy atom. The van der Waals surface area contributed by atoms with Crippen molar-refractivity contribution < 1.29 is 4.74 Å². The van der Waals surface area contributed by atoms with E-state index >= 15 is 0 Å². The van der Waals surface area contributed by atoms with Crippen LogP contribution in [0.25, 0.3) is 22.6 Å². The van der Waals surface area contributed by atoms with Crippen LogP contribution in [0.5, 0.6) is 11.6 Å². The van der Waals surface area contributed by atoms with E-state index in [4.69, 9.17) is 4.74 Å². The number of ether oxygens (including phenoxy) is 1. The van der Waals surface area contributed by atoms with Gasteiger partial charge in [0.25, 0.3) is 0 Å². The topological polar surface area (TPSA) is 86.9 Å². The van der Waals surface area contributed by atoms with E-state index in [2.05, 4.69) is 20.3 Å². The van der Waals surface area contributed by atoms with Crippen LogP contribution in [0.15, 0.2) is 102 Å². The minimum Gasteiger partial charge on any atom is -0.438 e. The van der Waals surface area contributed by atoms with Gasteiger partial charge in [0.15, 0.2) is 0 Å². The van der Waals surface area contributed by atoms with Gasteiger partial charge < -0.3 is 10.1 Å². The maximum atomic E-state index is 12.9. The molecule has 0 fully saturated rings. The number of hydrogen-bond acceptors (Lipinski definition) is 6. The summed E-state index contributed by atoms with van der Waals surface area (Å²) in [6, 6.07) is 22.3. The lowest BCUT2D eigenvalue weighted by Crippen LogP contribution is -2.21. The number of benzene rings is 2. The maximum Gasteiger partial charge on any atom is 0.337 e. The highest BCUT2D eigenvalue weighted by Gasteiger charge is 2.12. The van der Waals surface area contributed by atoms with Crippen LogP contribution in [-0.4, -0.2) is 31.1 Å². The zero-order valence-electron chi connectivity index (χ0n) is 17.8. The van der Waals surface area contributed by atoms with Crippen molar-refractivity contribution in [3.8, 4) is 34.3 Å². The fourth-order valence-electron chi connectivity index (χ4n) is 3.44. The van der Waals surface area contributed by atoms with E-state index in [1.807, 2.05) is 54.6 Å². The van der Waals surface area contributed by atoms with Crippen molar-refractivity contribution in [3.63, 3.8) is 0 Å². The zero-order chi connectivity index (χ0) is 22.6. The molecule has 33 heavy (non-hydrogen) atoms. The van der Waals surface area contributed by atoms with Gasteiger partial charge in [0.05, 0.1) is 22.6 Å². The first-order valence-corrected chi connectivity index (χ1v) is 10.3. The fraction of sp³-hybridized carbons (Fsp3) is 0.0400. The van der Waals surface area contributed by atoms with Crippen molar-refractivity contribution in [3.05, 3.63) is 108 Å². The largest absolute Gasteiger partial charge is 0.438 e. The number of aromatic nitrogens is 5. The Bertz CT molecular complexity index is 1440. The fourth-order valence-corrected chi connectivity index (χ4v) is 3.44. The highest BCUT2D eigenvalue weighted by Crippen LogP contribution is 2.30. The second-order valence-corrected chi connectivity index (χ2v) is 7.12. The molecule has 0 radical (unpaired) electrons. The second-order valence-electron chi connectivity index (χ2n) is 7.12. The van der Waals surface area contributed by atoms with Crippen LogP contribution in [0.2, 0.25) is 0 Å². The van der Waals surface area contributed by atoms with E-state index in [-0.39, 0.29) is 5.69 Å². The summed E-state index contributed by atoms with van der Waals surface area (Å²) in [6.45, 7) is 0. The van der Waals surface area contributed by atoms with Gasteiger partial charge in [-0.1, -0.05) is 18.2 Å². The Kier molecular flexibility index (Phi) is 5.38. The summed E-state index contributed by atoms with van der Waals surface area (Å²) in [5.41, 5.74) is 2.85. The van der Waals surface area contributed by atoms with Crippen molar-refractivity contribution in [1.29, 1.82) is 0 Å². The van der Waals surface area contributed by atoms with Crippen LogP contribution in [0.3, 0.4) is 0 Å². The molecule has 0 aliphatic heterocycles. The Morgan fingerprint density at radius 3 is 2.24 bits per heavy atom. The third kappa shape index (κ3) is 4.09. The lowest BCUT2D eigenvalue weighted by Gasteiger charge is -2.11. The highest BCUT2D eigenvalue weighted by atomic mass is 16.5. The smallest absolute Gasteiger partial charge is 0.337 e. The molecule has 162 valence electrons. The Hall–Kier alpha value is -4.72. The van der Waals surface area contributed by atoms with Crippen molar-refractivity contribution >= 4 is 5.95 Å². The molecule has 0 bridgehead atoms. The molecule has 0 amide bonds. The van der Waals surface area contributed by atoms with Crippen LogP contribution in [-0.2, 0) is 0 Å². The van der Waals surface area contributed by atoms with E-state index in [1.165, 1.54) is 0 Å². The Balaban J connectivity index is 1.41. The molecule has 3 heterocycles. The van der Waals surface area contributed by atoms with Crippen LogP contribution in [0, 0.1) is 0 Å². The molecule has 8 nitrogen and oxygen atoms in total. The summed E-state index contributed by atoms with van der Waals surface area (Å²) in [5, 5.41) is 2.93. The molecule has 8 heteroatoms. The first-order valence-electron chi connectivity index (χ1n) is 10.3. The zero-order valence-corrected chi connectivity index (χ0v) is 17.8. The molecule has 5 aromatic rings. The van der Waals surface area contributed by atoms with Gasteiger partial charge in [0, 0.05) is 31.8 Å². The van der Waals surface area contributed by atoms with Gasteiger partial charge in [-0.05, 0) is 54.6 Å². The predicted octanol–water partition coefficient (Wildman–Crippen LogP) is 4.31. The van der Waals surface area contributed by atoms with E-state index in [0.29, 0.717) is 23.3 Å². The summed E-state index contributed by atoms with van der Waals surface area (Å²) in [7, 11) is 1.76. The van der Waals surface area contributed by atoms with Gasteiger partial charge in [-0.3, -0.25) is 9.13 Å². The van der Waals surface area contributed by atoms with Crippen molar-refractivity contribution in [2.45, 2.75) is 0 Å². The minimum atomic E-state index is -0.147. The molecule has 5 rings (SSSR count). The third-order valence-electron chi connectivity index (χ3n) is 5.07. The first kappa shape index (κ1) is 20.2. The van der Waals surface area contributed by atoms with Gasteiger partial charge in [-0.2, -0.15) is 0 Å². The molecule has 1 N–H and O–H groups in total. The average molecular weight is 436 g/mol. The lowest BCUT2D eigenvalue weighted by molar-refractivity contribution is 0.464. The van der Waals surface area contributed by atoms with Crippen LogP contribution >= 0.6 is 0 Å². The number of rotatable bonds is 6. The normalized spacial score (nSPS) is 10.7. The lowest BCUT2D eigenvalue weighted by atomic mass is 10.2. The number of pyridine rings is 1. The molecule has 3 aromatic heterocycles.